The number of methoxy groups -OCH3 is 1. The molecule has 25 heavy (non-hydrogen) atoms. The SMILES string of the molecule is CCNC(=NCC1(c2ccccc2F)CC1)NCCOCCOC.I. The van der Waals surface area contributed by atoms with E-state index in [9.17, 15) is 4.39 Å². The molecular formula is C18H29FIN3O2. The summed E-state index contributed by atoms with van der Waals surface area (Å²) in [5.74, 6) is 0.616. The summed E-state index contributed by atoms with van der Waals surface area (Å²) in [4.78, 5) is 4.65. The minimum Gasteiger partial charge on any atom is -0.382 e. The highest BCUT2D eigenvalue weighted by molar-refractivity contribution is 14.0. The minimum atomic E-state index is -0.136. The molecule has 0 bridgehead atoms. The lowest BCUT2D eigenvalue weighted by atomic mass is 9.95. The van der Waals surface area contributed by atoms with Crippen LogP contribution in [-0.2, 0) is 14.9 Å². The van der Waals surface area contributed by atoms with Gasteiger partial charge in [0.2, 0.25) is 0 Å². The zero-order valence-electron chi connectivity index (χ0n) is 15.0. The predicted molar refractivity (Wildman–Crippen MR) is 109 cm³/mol. The van der Waals surface area contributed by atoms with E-state index in [1.165, 1.54) is 6.07 Å². The van der Waals surface area contributed by atoms with Crippen LogP contribution in [0.15, 0.2) is 29.3 Å². The van der Waals surface area contributed by atoms with Crippen molar-refractivity contribution in [2.75, 3.05) is 46.6 Å². The van der Waals surface area contributed by atoms with E-state index in [4.69, 9.17) is 9.47 Å². The molecule has 1 fully saturated rings. The second-order valence-corrected chi connectivity index (χ2v) is 5.99. The Morgan fingerprint density at radius 1 is 1.20 bits per heavy atom. The number of aliphatic imine (C=N–C) groups is 1. The maximum atomic E-state index is 14.0. The van der Waals surface area contributed by atoms with E-state index >= 15 is 0 Å². The molecule has 0 heterocycles. The second kappa shape index (κ2) is 11.6. The lowest BCUT2D eigenvalue weighted by Crippen LogP contribution is -2.39. The molecule has 0 radical (unpaired) electrons. The van der Waals surface area contributed by atoms with Gasteiger partial charge in [0.1, 0.15) is 5.82 Å². The fourth-order valence-corrected chi connectivity index (χ4v) is 2.61. The first-order valence-electron chi connectivity index (χ1n) is 8.56. The third-order valence-corrected chi connectivity index (χ3v) is 4.15. The summed E-state index contributed by atoms with van der Waals surface area (Å²) < 4.78 is 24.4. The van der Waals surface area contributed by atoms with Gasteiger partial charge in [0, 0.05) is 25.6 Å². The number of halogens is 2. The Kier molecular flexibility index (Phi) is 10.3. The molecule has 1 aromatic carbocycles. The summed E-state index contributed by atoms with van der Waals surface area (Å²) >= 11 is 0. The van der Waals surface area contributed by atoms with E-state index in [0.717, 1.165) is 30.9 Å². The minimum absolute atomic E-state index is 0. The van der Waals surface area contributed by atoms with E-state index in [1.54, 1.807) is 13.2 Å². The second-order valence-electron chi connectivity index (χ2n) is 5.99. The first kappa shape index (κ1) is 22.1. The van der Waals surface area contributed by atoms with Gasteiger partial charge in [-0.2, -0.15) is 0 Å². The van der Waals surface area contributed by atoms with Crippen LogP contribution in [0.3, 0.4) is 0 Å². The molecule has 1 aromatic rings. The first-order chi connectivity index (χ1) is 11.7. The van der Waals surface area contributed by atoms with Crippen LogP contribution in [0.1, 0.15) is 25.3 Å². The fourth-order valence-electron chi connectivity index (χ4n) is 2.61. The molecule has 1 aliphatic carbocycles. The third-order valence-electron chi connectivity index (χ3n) is 4.15. The van der Waals surface area contributed by atoms with Gasteiger partial charge in [0.25, 0.3) is 0 Å². The van der Waals surface area contributed by atoms with Gasteiger partial charge in [0.15, 0.2) is 5.96 Å². The van der Waals surface area contributed by atoms with Gasteiger partial charge < -0.3 is 20.1 Å². The molecule has 142 valence electrons. The fraction of sp³-hybridized carbons (Fsp3) is 0.611. The Labute approximate surface area is 166 Å². The molecule has 0 atom stereocenters. The molecule has 0 amide bonds. The predicted octanol–water partition coefficient (Wildman–Crippen LogP) is 2.69. The Morgan fingerprint density at radius 2 is 1.96 bits per heavy atom. The van der Waals surface area contributed by atoms with Crippen molar-refractivity contribution in [2.45, 2.75) is 25.2 Å². The summed E-state index contributed by atoms with van der Waals surface area (Å²) in [6.07, 6.45) is 1.97. The summed E-state index contributed by atoms with van der Waals surface area (Å²) in [5.41, 5.74) is 0.648. The lowest BCUT2D eigenvalue weighted by Gasteiger charge is -2.16. The lowest BCUT2D eigenvalue weighted by molar-refractivity contribution is 0.0733. The van der Waals surface area contributed by atoms with Gasteiger partial charge in [-0.05, 0) is 31.4 Å². The largest absolute Gasteiger partial charge is 0.382 e. The molecule has 2 N–H and O–H groups in total. The molecule has 0 aliphatic heterocycles. The molecule has 0 unspecified atom stereocenters. The van der Waals surface area contributed by atoms with Gasteiger partial charge in [-0.3, -0.25) is 4.99 Å². The van der Waals surface area contributed by atoms with Crippen molar-refractivity contribution in [1.82, 2.24) is 10.6 Å². The quantitative estimate of drug-likeness (QED) is 0.242. The van der Waals surface area contributed by atoms with E-state index in [-0.39, 0.29) is 35.2 Å². The summed E-state index contributed by atoms with van der Waals surface area (Å²) in [6, 6.07) is 7.03. The van der Waals surface area contributed by atoms with Crippen LogP contribution in [-0.4, -0.2) is 52.5 Å². The van der Waals surface area contributed by atoms with Crippen LogP contribution >= 0.6 is 24.0 Å². The Bertz CT molecular complexity index is 539. The topological polar surface area (TPSA) is 54.9 Å². The van der Waals surface area contributed by atoms with E-state index in [0.29, 0.717) is 32.9 Å². The van der Waals surface area contributed by atoms with Crippen LogP contribution in [0.4, 0.5) is 4.39 Å². The zero-order valence-corrected chi connectivity index (χ0v) is 17.3. The molecule has 5 nitrogen and oxygen atoms in total. The highest BCUT2D eigenvalue weighted by atomic mass is 127. The van der Waals surface area contributed by atoms with Crippen LogP contribution < -0.4 is 10.6 Å². The monoisotopic (exact) mass is 465 g/mol. The van der Waals surface area contributed by atoms with Gasteiger partial charge in [-0.25, -0.2) is 4.39 Å². The van der Waals surface area contributed by atoms with Crippen molar-refractivity contribution in [1.29, 1.82) is 0 Å². The summed E-state index contributed by atoms with van der Waals surface area (Å²) in [6.45, 7) is 5.84. The van der Waals surface area contributed by atoms with Crippen LogP contribution in [0.25, 0.3) is 0 Å². The Morgan fingerprint density at radius 3 is 2.60 bits per heavy atom. The van der Waals surface area contributed by atoms with Crippen LogP contribution in [0, 0.1) is 5.82 Å². The molecule has 1 aliphatic rings. The normalized spacial score (nSPS) is 15.4. The highest BCUT2D eigenvalue weighted by Crippen LogP contribution is 2.49. The van der Waals surface area contributed by atoms with Crippen LogP contribution in [0.5, 0.6) is 0 Å². The standard InChI is InChI=1S/C18H28FN3O2.HI/c1-3-20-17(21-10-11-24-13-12-23-2)22-14-18(8-9-18)15-6-4-5-7-16(15)19;/h4-7H,3,8-14H2,1-2H3,(H2,20,21,22);1H. The Balaban J connectivity index is 0.00000312. The molecule has 7 heteroatoms. The third kappa shape index (κ3) is 7.07. The van der Waals surface area contributed by atoms with Gasteiger partial charge >= 0.3 is 0 Å². The number of rotatable bonds is 10. The zero-order chi connectivity index (χ0) is 17.3. The Hall–Kier alpha value is -0.930. The first-order valence-corrected chi connectivity index (χ1v) is 8.56. The van der Waals surface area contributed by atoms with Gasteiger partial charge in [0.05, 0.1) is 26.4 Å². The average molecular weight is 465 g/mol. The van der Waals surface area contributed by atoms with E-state index in [2.05, 4.69) is 15.6 Å². The number of hydrogen-bond acceptors (Lipinski definition) is 3. The number of nitrogens with one attached hydrogen (secondary N) is 2. The average Bonchev–Trinajstić information content (AvgIpc) is 3.37. The van der Waals surface area contributed by atoms with E-state index < -0.39 is 0 Å². The summed E-state index contributed by atoms with van der Waals surface area (Å²) in [7, 11) is 1.65. The number of hydrogen-bond donors (Lipinski definition) is 2. The molecule has 0 saturated heterocycles. The molecule has 0 spiro atoms. The van der Waals surface area contributed by atoms with Crippen molar-refractivity contribution in [3.8, 4) is 0 Å². The van der Waals surface area contributed by atoms with Crippen molar-refractivity contribution in [3.05, 3.63) is 35.6 Å². The maximum absolute atomic E-state index is 14.0. The maximum Gasteiger partial charge on any atom is 0.191 e. The number of guanidine groups is 1. The number of ether oxygens (including phenoxy) is 2. The van der Waals surface area contributed by atoms with Crippen molar-refractivity contribution in [3.63, 3.8) is 0 Å². The molecular weight excluding hydrogens is 436 g/mol. The molecule has 2 rings (SSSR count). The van der Waals surface area contributed by atoms with Crippen LogP contribution in [0.2, 0.25) is 0 Å². The number of nitrogens with zero attached hydrogens (tertiary/aromatic N) is 1. The summed E-state index contributed by atoms with van der Waals surface area (Å²) in [5, 5.41) is 6.46. The smallest absolute Gasteiger partial charge is 0.191 e. The highest BCUT2D eigenvalue weighted by Gasteiger charge is 2.45. The molecule has 0 aromatic heterocycles. The van der Waals surface area contributed by atoms with Crippen molar-refractivity contribution >= 4 is 29.9 Å². The van der Waals surface area contributed by atoms with E-state index in [1.807, 2.05) is 19.1 Å². The van der Waals surface area contributed by atoms with Gasteiger partial charge in [-0.1, -0.05) is 18.2 Å². The van der Waals surface area contributed by atoms with Gasteiger partial charge in [-0.15, -0.1) is 24.0 Å². The van der Waals surface area contributed by atoms with Crippen molar-refractivity contribution in [2.24, 2.45) is 4.99 Å². The van der Waals surface area contributed by atoms with Crippen molar-refractivity contribution < 1.29 is 13.9 Å². The number of benzene rings is 1. The molecule has 1 saturated carbocycles.